The van der Waals surface area contributed by atoms with Crippen molar-refractivity contribution in [2.45, 2.75) is 39.1 Å². The molecule has 0 bridgehead atoms. The summed E-state index contributed by atoms with van der Waals surface area (Å²) in [6, 6.07) is 10.3. The number of allylic oxidation sites excluding steroid dienone is 2. The van der Waals surface area contributed by atoms with Gasteiger partial charge in [-0.3, -0.25) is 0 Å². The number of hydrogen-bond acceptors (Lipinski definition) is 1. The molecule has 0 saturated carbocycles. The van der Waals surface area contributed by atoms with Crippen molar-refractivity contribution in [2.24, 2.45) is 0 Å². The minimum absolute atomic E-state index is 0.252. The van der Waals surface area contributed by atoms with Crippen molar-refractivity contribution < 1.29 is 4.74 Å². The lowest BCUT2D eigenvalue weighted by Crippen LogP contribution is -2.33. The molecule has 2 rings (SSSR count). The highest BCUT2D eigenvalue weighted by atomic mass is 79.9. The highest BCUT2D eigenvalue weighted by Gasteiger charge is 2.34. The molecule has 1 aliphatic heterocycles. The van der Waals surface area contributed by atoms with Gasteiger partial charge in [0, 0.05) is 5.56 Å². The smallest absolute Gasteiger partial charge is 0.141 e. The molecule has 3 heteroatoms. The second kappa shape index (κ2) is 4.95. The van der Waals surface area contributed by atoms with Crippen LogP contribution < -0.4 is 0 Å². The molecule has 1 aromatic rings. The molecule has 0 radical (unpaired) electrons. The fourth-order valence-electron chi connectivity index (χ4n) is 2.19. The Balaban J connectivity index is 2.57. The van der Waals surface area contributed by atoms with Crippen LogP contribution in [0, 0.1) is 0 Å². The van der Waals surface area contributed by atoms with Gasteiger partial charge in [0.05, 0.1) is 12.6 Å². The maximum Gasteiger partial charge on any atom is 0.141 e. The summed E-state index contributed by atoms with van der Waals surface area (Å²) in [7, 11) is -1.41. The summed E-state index contributed by atoms with van der Waals surface area (Å²) in [6.07, 6.45) is 2.27. The quantitative estimate of drug-likeness (QED) is 0.660. The zero-order valence-corrected chi connectivity index (χ0v) is 14.8. The molecule has 0 spiro atoms. The van der Waals surface area contributed by atoms with Crippen LogP contribution in [0.15, 0.2) is 46.1 Å². The maximum absolute atomic E-state index is 6.18. The Kier molecular flexibility index (Phi) is 3.80. The number of rotatable bonds is 2. The molecule has 0 aromatic heterocycles. The van der Waals surface area contributed by atoms with E-state index in [4.69, 9.17) is 4.74 Å². The Hall–Kier alpha value is -0.803. The largest absolute Gasteiger partial charge is 0.482 e. The van der Waals surface area contributed by atoms with Crippen LogP contribution >= 0.6 is 15.9 Å². The van der Waals surface area contributed by atoms with Crippen molar-refractivity contribution in [1.29, 1.82) is 0 Å². The third-order valence-corrected chi connectivity index (χ3v) is 6.30. The average molecular weight is 337 g/mol. The van der Waals surface area contributed by atoms with E-state index in [2.05, 4.69) is 67.6 Å². The highest BCUT2D eigenvalue weighted by molar-refractivity contribution is 9.12. The molecule has 0 unspecified atom stereocenters. The van der Waals surface area contributed by atoms with E-state index in [9.17, 15) is 0 Å². The van der Waals surface area contributed by atoms with Crippen molar-refractivity contribution in [3.05, 3.63) is 51.7 Å². The van der Waals surface area contributed by atoms with Crippen LogP contribution in [0.25, 0.3) is 5.76 Å². The van der Waals surface area contributed by atoms with Crippen LogP contribution in [0.1, 0.15) is 19.4 Å². The maximum atomic E-state index is 6.18. The van der Waals surface area contributed by atoms with Gasteiger partial charge in [0.1, 0.15) is 11.4 Å². The zero-order valence-electron chi connectivity index (χ0n) is 12.3. The van der Waals surface area contributed by atoms with Gasteiger partial charge in [-0.2, -0.15) is 0 Å². The van der Waals surface area contributed by atoms with Crippen molar-refractivity contribution in [2.75, 3.05) is 0 Å². The number of halogens is 1. The molecule has 1 nitrogen and oxygen atoms in total. The molecule has 1 aliphatic rings. The first-order valence-electron chi connectivity index (χ1n) is 6.59. The summed E-state index contributed by atoms with van der Waals surface area (Å²) < 4.78 is 7.30. The lowest BCUT2D eigenvalue weighted by molar-refractivity contribution is 0.122. The first-order valence-corrected chi connectivity index (χ1v) is 10.9. The van der Waals surface area contributed by atoms with Crippen LogP contribution in [-0.4, -0.2) is 13.7 Å². The van der Waals surface area contributed by atoms with E-state index in [1.54, 1.807) is 0 Å². The molecular weight excluding hydrogens is 316 g/mol. The molecule has 1 aromatic carbocycles. The van der Waals surface area contributed by atoms with Gasteiger partial charge in [-0.15, -0.1) is 0 Å². The van der Waals surface area contributed by atoms with E-state index in [0.29, 0.717) is 0 Å². The number of benzene rings is 1. The van der Waals surface area contributed by atoms with Crippen LogP contribution in [-0.2, 0) is 4.74 Å². The Morgan fingerprint density at radius 2 is 1.63 bits per heavy atom. The first kappa shape index (κ1) is 14.6. The average Bonchev–Trinajstić information content (AvgIpc) is 2.31. The molecule has 0 atom stereocenters. The Labute approximate surface area is 125 Å². The summed E-state index contributed by atoms with van der Waals surface area (Å²) >= 11 is 3.77. The topological polar surface area (TPSA) is 9.23 Å². The van der Waals surface area contributed by atoms with Crippen LogP contribution in [0.4, 0.5) is 0 Å². The van der Waals surface area contributed by atoms with E-state index >= 15 is 0 Å². The number of hydrogen-bond donors (Lipinski definition) is 0. The molecule has 19 heavy (non-hydrogen) atoms. The predicted molar refractivity (Wildman–Crippen MR) is 88.9 cm³/mol. The minimum atomic E-state index is -1.41. The van der Waals surface area contributed by atoms with Gasteiger partial charge in [0.2, 0.25) is 0 Å². The molecule has 0 amide bonds. The molecule has 0 aliphatic carbocycles. The summed E-state index contributed by atoms with van der Waals surface area (Å²) in [5, 5.41) is 1.43. The van der Waals surface area contributed by atoms with Gasteiger partial charge in [0.25, 0.3) is 0 Å². The van der Waals surface area contributed by atoms with Crippen molar-refractivity contribution in [3.63, 3.8) is 0 Å². The van der Waals surface area contributed by atoms with Gasteiger partial charge in [0.15, 0.2) is 0 Å². The monoisotopic (exact) mass is 336 g/mol. The van der Waals surface area contributed by atoms with Crippen LogP contribution in [0.2, 0.25) is 19.6 Å². The lowest BCUT2D eigenvalue weighted by Gasteiger charge is -2.35. The molecule has 0 N–H and O–H groups in total. The zero-order chi connectivity index (χ0) is 14.3. The molecular formula is C16H21BrOSi. The second-order valence-corrected chi connectivity index (χ2v) is 12.4. The number of ether oxygens (including phenoxy) is 1. The fourth-order valence-corrected chi connectivity index (χ4v) is 5.95. The lowest BCUT2D eigenvalue weighted by atomic mass is 10.0. The molecule has 0 fully saturated rings. The second-order valence-electron chi connectivity index (χ2n) is 6.52. The van der Waals surface area contributed by atoms with Gasteiger partial charge in [-0.05, 0) is 41.0 Å². The standard InChI is InChI=1S/C16H21BrOSi/c1-16(2)11-13(19(3,4)5)14(17)15(18-16)12-9-7-6-8-10-12/h6-11H,1-5H3. The minimum Gasteiger partial charge on any atom is -0.482 e. The molecule has 1 heterocycles. The van der Waals surface area contributed by atoms with Gasteiger partial charge >= 0.3 is 0 Å². The summed E-state index contributed by atoms with van der Waals surface area (Å²) in [5.74, 6) is 0.963. The predicted octanol–water partition coefficient (Wildman–Crippen LogP) is 5.36. The van der Waals surface area contributed by atoms with Crippen LogP contribution in [0.5, 0.6) is 0 Å². The molecule has 0 saturated heterocycles. The Morgan fingerprint density at radius 1 is 1.05 bits per heavy atom. The third kappa shape index (κ3) is 3.21. The van der Waals surface area contributed by atoms with Crippen LogP contribution in [0.3, 0.4) is 0 Å². The van der Waals surface area contributed by atoms with Gasteiger partial charge in [-0.25, -0.2) is 0 Å². The molecule has 102 valence electrons. The van der Waals surface area contributed by atoms with Crippen molar-refractivity contribution in [1.82, 2.24) is 0 Å². The first-order chi connectivity index (χ1) is 8.71. The Bertz CT molecular complexity index is 536. The van der Waals surface area contributed by atoms with Crippen molar-refractivity contribution >= 4 is 29.8 Å². The Morgan fingerprint density at radius 3 is 2.16 bits per heavy atom. The van der Waals surface area contributed by atoms with E-state index in [-0.39, 0.29) is 5.60 Å². The van der Waals surface area contributed by atoms with E-state index in [1.165, 1.54) is 5.20 Å². The summed E-state index contributed by atoms with van der Waals surface area (Å²) in [5.41, 5.74) is 0.879. The van der Waals surface area contributed by atoms with Gasteiger partial charge in [-0.1, -0.05) is 50.0 Å². The van der Waals surface area contributed by atoms with E-state index in [0.717, 1.165) is 15.8 Å². The highest BCUT2D eigenvalue weighted by Crippen LogP contribution is 2.41. The normalized spacial score (nSPS) is 18.9. The fraction of sp³-hybridized carbons (Fsp3) is 0.375. The van der Waals surface area contributed by atoms with Gasteiger partial charge < -0.3 is 4.74 Å². The van der Waals surface area contributed by atoms with Crippen molar-refractivity contribution in [3.8, 4) is 0 Å². The van der Waals surface area contributed by atoms with E-state index < -0.39 is 8.07 Å². The summed E-state index contributed by atoms with van der Waals surface area (Å²) in [4.78, 5) is 0. The summed E-state index contributed by atoms with van der Waals surface area (Å²) in [6.45, 7) is 11.3. The van der Waals surface area contributed by atoms with E-state index in [1.807, 2.05) is 18.2 Å². The third-order valence-electron chi connectivity index (χ3n) is 3.14. The SMILES string of the molecule is CC1(C)C=C([Si](C)(C)C)C(Br)=C(c2ccccc2)O1.